The first-order chi connectivity index (χ1) is 4.00. The van der Waals surface area contributed by atoms with E-state index in [1.807, 2.05) is 0 Å². The number of hydrogen-bond donors (Lipinski definition) is 0. The molecule has 0 radical (unpaired) electrons. The smallest absolute Gasteiger partial charge is 0.119 e. The van der Waals surface area contributed by atoms with Crippen LogP contribution in [0.1, 0.15) is 0 Å². The molecule has 0 N–H and O–H groups in total. The van der Waals surface area contributed by atoms with E-state index in [4.69, 9.17) is 5.26 Å². The molecule has 0 atom stereocenters. The maximum Gasteiger partial charge on any atom is 0.119 e. The number of hydrogen-bond acceptors (Lipinski definition) is 4. The minimum Gasteiger partial charge on any atom is -0.225 e. The first-order valence-corrected chi connectivity index (χ1v) is 1.81. The molecule has 0 saturated carbocycles. The lowest BCUT2D eigenvalue weighted by atomic mass is 11.1. The average molecular weight is 108 g/mol. The summed E-state index contributed by atoms with van der Waals surface area (Å²) in [7, 11) is 0. The van der Waals surface area contributed by atoms with Gasteiger partial charge in [-0.3, -0.25) is 0 Å². The summed E-state index contributed by atoms with van der Waals surface area (Å²) in [5, 5.41) is 6.50. The molecule has 1 rings (SSSR count). The molecule has 4 nitrogen and oxygen atoms in total. The highest BCUT2D eigenvalue weighted by atomic mass is 14.9. The van der Waals surface area contributed by atoms with Gasteiger partial charge in [0.15, 0.2) is 0 Å². The molecular weight excluding hydrogens is 104 g/mol. The zero-order valence-corrected chi connectivity index (χ0v) is 4.10. The number of aromatic nitrogens is 3. The predicted octanol–water partition coefficient (Wildman–Crippen LogP) is 0.0114. The van der Waals surface area contributed by atoms with E-state index in [1.165, 1.54) is 19.0 Å². The van der Waals surface area contributed by atoms with Gasteiger partial charge in [0, 0.05) is 6.57 Å². The Morgan fingerprint density at radius 2 is 1.12 bits per heavy atom. The highest BCUT2D eigenvalue weighted by Crippen LogP contribution is 1.57. The molecule has 0 spiro atoms. The summed E-state index contributed by atoms with van der Waals surface area (Å²) in [5.74, 6) is 0. The minimum atomic E-state index is 1.44. The van der Waals surface area contributed by atoms with Crippen LogP contribution in [0.15, 0.2) is 19.0 Å². The minimum absolute atomic E-state index is 1.44. The molecule has 0 aliphatic rings. The second-order valence-electron chi connectivity index (χ2n) is 0.794. The van der Waals surface area contributed by atoms with E-state index in [0.717, 1.165) is 0 Å². The van der Waals surface area contributed by atoms with Gasteiger partial charge in [0.1, 0.15) is 19.0 Å². The zero-order chi connectivity index (χ0) is 6.24. The second-order valence-corrected chi connectivity index (χ2v) is 0.794. The molecule has 0 fully saturated rings. The largest absolute Gasteiger partial charge is 0.225 e. The van der Waals surface area contributed by atoms with Crippen molar-refractivity contribution >= 4 is 0 Å². The Hall–Kier alpha value is -1.50. The van der Waals surface area contributed by atoms with Crippen LogP contribution in [0.5, 0.6) is 0 Å². The normalized spacial score (nSPS) is 6.25. The van der Waals surface area contributed by atoms with Crippen LogP contribution >= 0.6 is 0 Å². The summed E-state index contributed by atoms with van der Waals surface area (Å²) in [6, 6.07) is 0. The summed E-state index contributed by atoms with van der Waals surface area (Å²) < 4.78 is 0. The van der Waals surface area contributed by atoms with Crippen molar-refractivity contribution in [2.24, 2.45) is 0 Å². The predicted molar refractivity (Wildman–Crippen MR) is 26.5 cm³/mol. The summed E-state index contributed by atoms with van der Waals surface area (Å²) in [4.78, 5) is 10.7. The van der Waals surface area contributed by atoms with Gasteiger partial charge in [0.25, 0.3) is 0 Å². The molecule has 0 bridgehead atoms. The Balaban J connectivity index is 0.000000222. The maximum atomic E-state index is 6.50. The van der Waals surface area contributed by atoms with Crippen molar-refractivity contribution in [1.29, 1.82) is 5.26 Å². The molecule has 0 amide bonds. The molecule has 1 aromatic rings. The van der Waals surface area contributed by atoms with Crippen molar-refractivity contribution < 1.29 is 0 Å². The molecular formula is C4H4N4. The van der Waals surface area contributed by atoms with E-state index < -0.39 is 0 Å². The van der Waals surface area contributed by atoms with Crippen LogP contribution in [-0.2, 0) is 0 Å². The van der Waals surface area contributed by atoms with E-state index in [1.54, 1.807) is 0 Å². The maximum absolute atomic E-state index is 6.50. The van der Waals surface area contributed by atoms with Crippen molar-refractivity contribution in [2.75, 3.05) is 0 Å². The van der Waals surface area contributed by atoms with E-state index in [-0.39, 0.29) is 0 Å². The summed E-state index contributed by atoms with van der Waals surface area (Å²) >= 11 is 0. The van der Waals surface area contributed by atoms with Crippen LogP contribution in [0.2, 0.25) is 0 Å². The van der Waals surface area contributed by atoms with Gasteiger partial charge >= 0.3 is 0 Å². The third-order valence-electron chi connectivity index (χ3n) is 0.400. The third-order valence-corrected chi connectivity index (χ3v) is 0.400. The van der Waals surface area contributed by atoms with Gasteiger partial charge in [0.05, 0.1) is 0 Å². The Bertz CT molecular complexity index is 109. The molecule has 0 aromatic carbocycles. The van der Waals surface area contributed by atoms with Crippen molar-refractivity contribution in [3.8, 4) is 6.57 Å². The molecule has 40 valence electrons. The highest BCUT2D eigenvalue weighted by molar-refractivity contribution is 4.51. The molecule has 0 unspecified atom stereocenters. The second kappa shape index (κ2) is 5.50. The highest BCUT2D eigenvalue weighted by Gasteiger charge is 1.59. The fraction of sp³-hybridized carbons (Fsp3) is 0. The van der Waals surface area contributed by atoms with E-state index in [2.05, 4.69) is 21.5 Å². The van der Waals surface area contributed by atoms with E-state index >= 15 is 0 Å². The van der Waals surface area contributed by atoms with Crippen molar-refractivity contribution in [2.45, 2.75) is 0 Å². The molecule has 1 aromatic heterocycles. The average Bonchev–Trinajstić information content (AvgIpc) is 1.96. The van der Waals surface area contributed by atoms with Gasteiger partial charge in [-0.1, -0.05) is 0 Å². The lowest BCUT2D eigenvalue weighted by Crippen LogP contribution is -1.73. The topological polar surface area (TPSA) is 62.5 Å². The fourth-order valence-electron chi connectivity index (χ4n) is 0.205. The Labute approximate surface area is 46.9 Å². The quantitative estimate of drug-likeness (QED) is 0.469. The molecule has 1 heterocycles. The standard InChI is InChI=1S/C3H3N3.CHN/c1-4-2-6-3-5-1;1-2/h1-3H;1H. The van der Waals surface area contributed by atoms with Crippen molar-refractivity contribution in [1.82, 2.24) is 15.0 Å². The van der Waals surface area contributed by atoms with Crippen LogP contribution in [0.25, 0.3) is 0 Å². The first kappa shape index (κ1) is 6.50. The molecule has 0 aliphatic heterocycles. The van der Waals surface area contributed by atoms with E-state index in [9.17, 15) is 0 Å². The Morgan fingerprint density at radius 1 is 0.875 bits per heavy atom. The summed E-state index contributed by atoms with van der Waals surface area (Å²) in [6.45, 7) is 3.50. The van der Waals surface area contributed by atoms with E-state index in [0.29, 0.717) is 0 Å². The zero-order valence-electron chi connectivity index (χ0n) is 4.10. The summed E-state index contributed by atoms with van der Waals surface area (Å²) in [5.41, 5.74) is 0. The molecule has 4 heteroatoms. The van der Waals surface area contributed by atoms with Crippen molar-refractivity contribution in [3.05, 3.63) is 19.0 Å². The van der Waals surface area contributed by atoms with Gasteiger partial charge in [-0.15, -0.1) is 0 Å². The number of rotatable bonds is 0. The Morgan fingerprint density at radius 3 is 1.25 bits per heavy atom. The Kier molecular flexibility index (Phi) is 4.47. The molecule has 8 heavy (non-hydrogen) atoms. The lowest BCUT2D eigenvalue weighted by Gasteiger charge is -1.69. The third kappa shape index (κ3) is 2.72. The van der Waals surface area contributed by atoms with Crippen LogP contribution in [0.4, 0.5) is 0 Å². The first-order valence-electron chi connectivity index (χ1n) is 1.81. The molecule has 0 aliphatic carbocycles. The van der Waals surface area contributed by atoms with Gasteiger partial charge < -0.3 is 0 Å². The lowest BCUT2D eigenvalue weighted by molar-refractivity contribution is 1.05. The number of nitriles is 1. The van der Waals surface area contributed by atoms with Crippen molar-refractivity contribution in [3.63, 3.8) is 0 Å². The molecule has 0 saturated heterocycles. The number of nitrogens with zero attached hydrogens (tertiary/aromatic N) is 4. The van der Waals surface area contributed by atoms with Gasteiger partial charge in [0.2, 0.25) is 0 Å². The SMILES string of the molecule is C#N.c1ncncn1. The van der Waals surface area contributed by atoms with Gasteiger partial charge in [-0.2, -0.15) is 0 Å². The van der Waals surface area contributed by atoms with Crippen LogP contribution < -0.4 is 0 Å². The fourth-order valence-corrected chi connectivity index (χ4v) is 0.205. The van der Waals surface area contributed by atoms with Crippen LogP contribution in [0.3, 0.4) is 0 Å². The van der Waals surface area contributed by atoms with Gasteiger partial charge in [-0.25, -0.2) is 20.2 Å². The monoisotopic (exact) mass is 108 g/mol. The summed E-state index contributed by atoms with van der Waals surface area (Å²) in [6.07, 6.45) is 4.31. The van der Waals surface area contributed by atoms with Crippen LogP contribution in [0, 0.1) is 11.8 Å². The van der Waals surface area contributed by atoms with Crippen LogP contribution in [-0.4, -0.2) is 15.0 Å². The van der Waals surface area contributed by atoms with Gasteiger partial charge in [-0.05, 0) is 0 Å².